The van der Waals surface area contributed by atoms with E-state index in [4.69, 9.17) is 18.7 Å². The van der Waals surface area contributed by atoms with Crippen LogP contribution in [0.5, 0.6) is 17.2 Å². The van der Waals surface area contributed by atoms with Gasteiger partial charge in [-0.05, 0) is 61.4 Å². The van der Waals surface area contributed by atoms with Crippen molar-refractivity contribution in [1.82, 2.24) is 10.1 Å². The van der Waals surface area contributed by atoms with Crippen LogP contribution in [0.25, 0.3) is 0 Å². The number of nitrogens with zero attached hydrogens (tertiary/aromatic N) is 2. The molecule has 2 heterocycles. The fourth-order valence-corrected chi connectivity index (χ4v) is 5.91. The Labute approximate surface area is 191 Å². The van der Waals surface area contributed by atoms with E-state index in [2.05, 4.69) is 10.1 Å². The van der Waals surface area contributed by atoms with Crippen LogP contribution in [0.3, 0.4) is 0 Å². The van der Waals surface area contributed by atoms with Gasteiger partial charge in [-0.2, -0.15) is 0 Å². The van der Waals surface area contributed by atoms with Gasteiger partial charge in [-0.3, -0.25) is 9.11 Å². The highest BCUT2D eigenvalue weighted by Crippen LogP contribution is 2.42. The number of rotatable bonds is 9. The summed E-state index contributed by atoms with van der Waals surface area (Å²) in [7, 11) is 3.14. The summed E-state index contributed by atoms with van der Waals surface area (Å²) in [6, 6.07) is 6.98. The van der Waals surface area contributed by atoms with Crippen molar-refractivity contribution in [3.8, 4) is 17.2 Å². The van der Waals surface area contributed by atoms with Crippen molar-refractivity contribution in [3.05, 3.63) is 35.7 Å². The minimum Gasteiger partial charge on any atom is -0.771 e. The quantitative estimate of drug-likeness (QED) is 0.515. The summed E-state index contributed by atoms with van der Waals surface area (Å²) in [5.74, 6) is 2.78. The molecule has 2 aromatic rings. The zero-order valence-electron chi connectivity index (χ0n) is 18.7. The smallest absolute Gasteiger partial charge is 0.174 e. The van der Waals surface area contributed by atoms with Crippen LogP contribution in [0, 0.1) is 5.92 Å². The molecule has 1 aliphatic heterocycles. The molecule has 2 atom stereocenters. The molecule has 176 valence electrons. The molecule has 0 N–H and O–H groups in total. The second kappa shape index (κ2) is 10.2. The van der Waals surface area contributed by atoms with Crippen LogP contribution in [0.1, 0.15) is 56.4 Å². The molecule has 1 saturated carbocycles. The highest BCUT2D eigenvalue weighted by atomic mass is 32.2. The Morgan fingerprint density at radius 1 is 1.16 bits per heavy atom. The maximum Gasteiger partial charge on any atom is 0.174 e. The summed E-state index contributed by atoms with van der Waals surface area (Å²) in [4.78, 5) is 0.978. The molecule has 2 aliphatic rings. The molecule has 0 spiro atoms. The first kappa shape index (κ1) is 23.1. The van der Waals surface area contributed by atoms with Gasteiger partial charge >= 0.3 is 0 Å². The Balaban J connectivity index is 1.48. The molecule has 1 aromatic heterocycles. The monoisotopic (exact) mass is 463 g/mol. The highest BCUT2D eigenvalue weighted by Gasteiger charge is 2.47. The van der Waals surface area contributed by atoms with E-state index in [1.54, 1.807) is 38.5 Å². The maximum atomic E-state index is 12.5. The lowest BCUT2D eigenvalue weighted by Crippen LogP contribution is -2.47. The van der Waals surface area contributed by atoms with E-state index in [0.717, 1.165) is 19.5 Å². The van der Waals surface area contributed by atoms with Crippen LogP contribution in [0.15, 0.2) is 28.8 Å². The van der Waals surface area contributed by atoms with Gasteiger partial charge < -0.3 is 23.3 Å². The molecule has 0 amide bonds. The Bertz CT molecular complexity index is 929. The Morgan fingerprint density at radius 2 is 1.94 bits per heavy atom. The standard InChI is InChI=1S/C23H32N2O6S/c1-28-20-10-9-18(13-21(20)29-2)30-16-19-14-22(24-31-19)23(32(26)27)11-6-12-25(23)15-17-7-4-3-5-8-17/h9-10,13-14,17H,3-8,11-12,15-16H2,1-2H3,(H,26,27)/p-1/t23-/m0/s1. The van der Waals surface area contributed by atoms with Gasteiger partial charge in [-0.1, -0.05) is 24.4 Å². The van der Waals surface area contributed by atoms with E-state index in [1.807, 2.05) is 0 Å². The topological polar surface area (TPSA) is 97.1 Å². The third-order valence-corrected chi connectivity index (χ3v) is 7.85. The van der Waals surface area contributed by atoms with E-state index in [-0.39, 0.29) is 6.61 Å². The first-order chi connectivity index (χ1) is 15.6. The number of likely N-dealkylation sites (tertiary alicyclic amines) is 1. The average molecular weight is 464 g/mol. The molecule has 1 unspecified atom stereocenters. The normalized spacial score (nSPS) is 23.2. The number of aromatic nitrogens is 1. The molecule has 0 bridgehead atoms. The maximum absolute atomic E-state index is 12.5. The second-order valence-electron chi connectivity index (χ2n) is 8.56. The van der Waals surface area contributed by atoms with Gasteiger partial charge in [0.2, 0.25) is 0 Å². The first-order valence-electron chi connectivity index (χ1n) is 11.2. The molecular weight excluding hydrogens is 432 g/mol. The van der Waals surface area contributed by atoms with Crippen LogP contribution in [-0.2, 0) is 22.6 Å². The third-order valence-electron chi connectivity index (χ3n) is 6.63. The molecular formula is C23H31N2O6S-. The Morgan fingerprint density at radius 3 is 2.66 bits per heavy atom. The van der Waals surface area contributed by atoms with E-state index >= 15 is 0 Å². The van der Waals surface area contributed by atoms with Gasteiger partial charge in [-0.15, -0.1) is 0 Å². The van der Waals surface area contributed by atoms with Crippen molar-refractivity contribution in [3.63, 3.8) is 0 Å². The molecule has 1 aliphatic carbocycles. The number of benzene rings is 1. The van der Waals surface area contributed by atoms with Gasteiger partial charge in [-0.25, -0.2) is 0 Å². The van der Waals surface area contributed by atoms with E-state index in [1.165, 1.54) is 32.1 Å². The van der Waals surface area contributed by atoms with Crippen LogP contribution in [-0.4, -0.2) is 46.1 Å². The Hall–Kier alpha value is -2.10. The van der Waals surface area contributed by atoms with Crippen molar-refractivity contribution in [2.45, 2.75) is 56.4 Å². The number of ether oxygens (including phenoxy) is 3. The van der Waals surface area contributed by atoms with Crippen molar-refractivity contribution in [2.24, 2.45) is 5.92 Å². The number of methoxy groups -OCH3 is 2. The van der Waals surface area contributed by atoms with Crippen molar-refractivity contribution in [2.75, 3.05) is 27.3 Å². The molecule has 0 radical (unpaired) electrons. The minimum absolute atomic E-state index is 0.132. The van der Waals surface area contributed by atoms with Crippen molar-refractivity contribution in [1.29, 1.82) is 0 Å². The minimum atomic E-state index is -2.34. The van der Waals surface area contributed by atoms with E-state index in [9.17, 15) is 8.76 Å². The molecule has 8 nitrogen and oxygen atoms in total. The van der Waals surface area contributed by atoms with Crippen LogP contribution in [0.4, 0.5) is 0 Å². The predicted octanol–water partition coefficient (Wildman–Crippen LogP) is 3.98. The largest absolute Gasteiger partial charge is 0.771 e. The predicted molar refractivity (Wildman–Crippen MR) is 118 cm³/mol. The first-order valence-corrected chi connectivity index (χ1v) is 12.3. The van der Waals surface area contributed by atoms with E-state index < -0.39 is 16.0 Å². The zero-order valence-corrected chi connectivity index (χ0v) is 19.5. The van der Waals surface area contributed by atoms with Crippen LogP contribution >= 0.6 is 0 Å². The lowest BCUT2D eigenvalue weighted by atomic mass is 9.88. The third kappa shape index (κ3) is 4.65. The lowest BCUT2D eigenvalue weighted by Gasteiger charge is -2.40. The molecule has 1 aromatic carbocycles. The summed E-state index contributed by atoms with van der Waals surface area (Å²) >= 11 is -2.34. The molecule has 2 fully saturated rings. The zero-order chi connectivity index (χ0) is 22.6. The SMILES string of the molecule is COc1ccc(OCc2cc([C@@]3(S(=O)[O-])CCCN3CC3CCCCC3)no2)cc1OC. The molecule has 32 heavy (non-hydrogen) atoms. The van der Waals surface area contributed by atoms with Crippen molar-refractivity contribution >= 4 is 11.1 Å². The summed E-state index contributed by atoms with van der Waals surface area (Å²) < 4.78 is 46.9. The summed E-state index contributed by atoms with van der Waals surface area (Å²) in [6.07, 6.45) is 7.43. The average Bonchev–Trinajstić information content (AvgIpc) is 3.46. The van der Waals surface area contributed by atoms with Gasteiger partial charge in [0.15, 0.2) is 17.3 Å². The van der Waals surface area contributed by atoms with Gasteiger partial charge in [0.05, 0.1) is 14.2 Å². The van der Waals surface area contributed by atoms with Crippen LogP contribution in [0.2, 0.25) is 0 Å². The fraction of sp³-hybridized carbons (Fsp3) is 0.609. The molecule has 4 rings (SSSR count). The van der Waals surface area contributed by atoms with E-state index in [0.29, 0.717) is 41.0 Å². The summed E-state index contributed by atoms with van der Waals surface area (Å²) in [5, 5.41) is 4.17. The van der Waals surface area contributed by atoms with Gasteiger partial charge in [0, 0.05) is 18.7 Å². The van der Waals surface area contributed by atoms with Crippen LogP contribution < -0.4 is 14.2 Å². The lowest BCUT2D eigenvalue weighted by molar-refractivity contribution is 0.151. The number of hydrogen-bond donors (Lipinski definition) is 0. The highest BCUT2D eigenvalue weighted by molar-refractivity contribution is 7.80. The second-order valence-corrected chi connectivity index (χ2v) is 9.70. The fourth-order valence-electron chi connectivity index (χ4n) is 4.96. The molecule has 9 heteroatoms. The summed E-state index contributed by atoms with van der Waals surface area (Å²) in [5.41, 5.74) is 0.449. The number of hydrogen-bond acceptors (Lipinski definition) is 8. The Kier molecular flexibility index (Phi) is 7.37. The van der Waals surface area contributed by atoms with Gasteiger partial charge in [0.1, 0.15) is 22.9 Å². The molecule has 1 saturated heterocycles. The van der Waals surface area contributed by atoms with Gasteiger partial charge in [0.25, 0.3) is 0 Å². The van der Waals surface area contributed by atoms with Crippen molar-refractivity contribution < 1.29 is 27.5 Å². The summed E-state index contributed by atoms with van der Waals surface area (Å²) in [6.45, 7) is 1.68.